The summed E-state index contributed by atoms with van der Waals surface area (Å²) in [4.78, 5) is 4.37. The molecule has 1 aliphatic rings. The van der Waals surface area contributed by atoms with Gasteiger partial charge in [0.15, 0.2) is 5.82 Å². The van der Waals surface area contributed by atoms with E-state index < -0.39 is 0 Å². The van der Waals surface area contributed by atoms with Crippen LogP contribution in [0.15, 0.2) is 22.7 Å². The number of aromatic nitrogens is 2. The van der Waals surface area contributed by atoms with Crippen molar-refractivity contribution in [1.29, 1.82) is 0 Å². The van der Waals surface area contributed by atoms with Gasteiger partial charge in [-0.2, -0.15) is 4.98 Å². The smallest absolute Gasteiger partial charge is 0.257 e. The Balaban J connectivity index is 1.86. The molecule has 0 fully saturated rings. The average Bonchev–Trinajstić information content (AvgIpc) is 3.07. The standard InChI is InChI=1S/C14H15ClN2O2/c1-2-3-11(15)13-16-14(19-17-13)10-4-5-12-9(8-10)6-7-18-12/h4-5,8,11H,2-3,6-7H2,1H3. The molecule has 0 amide bonds. The first kappa shape index (κ1) is 12.5. The quantitative estimate of drug-likeness (QED) is 0.799. The maximum atomic E-state index is 6.20. The molecule has 1 aromatic heterocycles. The fourth-order valence-electron chi connectivity index (χ4n) is 2.18. The number of halogens is 1. The molecule has 2 heterocycles. The van der Waals surface area contributed by atoms with Crippen molar-refractivity contribution in [2.45, 2.75) is 31.6 Å². The van der Waals surface area contributed by atoms with Crippen LogP contribution in [0.1, 0.15) is 36.5 Å². The number of hydrogen-bond donors (Lipinski definition) is 0. The Labute approximate surface area is 116 Å². The van der Waals surface area contributed by atoms with Crippen LogP contribution in [0.5, 0.6) is 5.75 Å². The molecule has 1 atom stereocenters. The predicted octanol–water partition coefficient (Wildman–Crippen LogP) is 3.75. The maximum absolute atomic E-state index is 6.20. The Kier molecular flexibility index (Phi) is 3.42. The van der Waals surface area contributed by atoms with E-state index in [0.29, 0.717) is 11.7 Å². The van der Waals surface area contributed by atoms with E-state index in [1.807, 2.05) is 18.2 Å². The molecule has 2 aromatic rings. The first-order chi connectivity index (χ1) is 9.28. The van der Waals surface area contributed by atoms with E-state index in [2.05, 4.69) is 17.1 Å². The number of fused-ring (bicyclic) bond motifs is 1. The lowest BCUT2D eigenvalue weighted by Crippen LogP contribution is -1.92. The molecule has 1 unspecified atom stereocenters. The van der Waals surface area contributed by atoms with Gasteiger partial charge in [-0.15, -0.1) is 11.6 Å². The third-order valence-corrected chi connectivity index (χ3v) is 3.61. The molecule has 0 bridgehead atoms. The number of benzene rings is 1. The Morgan fingerprint density at radius 1 is 1.42 bits per heavy atom. The largest absolute Gasteiger partial charge is 0.493 e. The molecule has 5 heteroatoms. The molecule has 0 saturated heterocycles. The first-order valence-electron chi connectivity index (χ1n) is 6.51. The minimum Gasteiger partial charge on any atom is -0.493 e. The topological polar surface area (TPSA) is 48.2 Å². The zero-order valence-corrected chi connectivity index (χ0v) is 11.5. The first-order valence-corrected chi connectivity index (χ1v) is 6.95. The van der Waals surface area contributed by atoms with Crippen LogP contribution in [-0.4, -0.2) is 16.7 Å². The zero-order chi connectivity index (χ0) is 13.2. The fraction of sp³-hybridized carbons (Fsp3) is 0.429. The van der Waals surface area contributed by atoms with Crippen molar-refractivity contribution in [1.82, 2.24) is 10.1 Å². The summed E-state index contributed by atoms with van der Waals surface area (Å²) in [7, 11) is 0. The molecule has 0 saturated carbocycles. The van der Waals surface area contributed by atoms with Gasteiger partial charge in [0.2, 0.25) is 0 Å². The number of alkyl halides is 1. The summed E-state index contributed by atoms with van der Waals surface area (Å²) in [5.41, 5.74) is 2.11. The van der Waals surface area contributed by atoms with Crippen LogP contribution >= 0.6 is 11.6 Å². The second-order valence-electron chi connectivity index (χ2n) is 4.63. The van der Waals surface area contributed by atoms with Crippen LogP contribution in [0.4, 0.5) is 0 Å². The molecule has 3 rings (SSSR count). The molecule has 0 N–H and O–H groups in total. The molecule has 4 nitrogen and oxygen atoms in total. The molecular weight excluding hydrogens is 264 g/mol. The molecule has 0 radical (unpaired) electrons. The molecule has 0 spiro atoms. The van der Waals surface area contributed by atoms with Gasteiger partial charge in [0.1, 0.15) is 5.75 Å². The van der Waals surface area contributed by atoms with Gasteiger partial charge in [0.05, 0.1) is 12.0 Å². The Hall–Kier alpha value is -1.55. The molecule has 0 aliphatic carbocycles. The van der Waals surface area contributed by atoms with Crippen LogP contribution in [0.2, 0.25) is 0 Å². The second-order valence-corrected chi connectivity index (χ2v) is 5.16. The lowest BCUT2D eigenvalue weighted by atomic mass is 10.1. The third kappa shape index (κ3) is 2.45. The van der Waals surface area contributed by atoms with Crippen LogP contribution in [-0.2, 0) is 6.42 Å². The highest BCUT2D eigenvalue weighted by Crippen LogP contribution is 2.31. The second kappa shape index (κ2) is 5.21. The van der Waals surface area contributed by atoms with Gasteiger partial charge in [0, 0.05) is 12.0 Å². The van der Waals surface area contributed by atoms with Gasteiger partial charge >= 0.3 is 0 Å². The number of hydrogen-bond acceptors (Lipinski definition) is 4. The summed E-state index contributed by atoms with van der Waals surface area (Å²) in [6, 6.07) is 5.93. The van der Waals surface area contributed by atoms with Crippen LogP contribution in [0.25, 0.3) is 11.5 Å². The number of rotatable bonds is 4. The molecule has 100 valence electrons. The average molecular weight is 279 g/mol. The van der Waals surface area contributed by atoms with Crippen molar-refractivity contribution in [2.24, 2.45) is 0 Å². The normalized spacial score (nSPS) is 15.1. The minimum absolute atomic E-state index is 0.180. The summed E-state index contributed by atoms with van der Waals surface area (Å²) in [6.45, 7) is 2.82. The summed E-state index contributed by atoms with van der Waals surface area (Å²) < 4.78 is 10.8. The summed E-state index contributed by atoms with van der Waals surface area (Å²) in [5.74, 6) is 2.03. The van der Waals surface area contributed by atoms with Crippen molar-refractivity contribution in [3.8, 4) is 17.2 Å². The molecule has 1 aromatic carbocycles. The van der Waals surface area contributed by atoms with Gasteiger partial charge in [0.25, 0.3) is 5.89 Å². The van der Waals surface area contributed by atoms with Gasteiger partial charge in [-0.05, 0) is 30.2 Å². The van der Waals surface area contributed by atoms with E-state index >= 15 is 0 Å². The zero-order valence-electron chi connectivity index (χ0n) is 10.7. The summed E-state index contributed by atoms with van der Waals surface area (Å²) in [6.07, 6.45) is 2.77. The predicted molar refractivity (Wildman–Crippen MR) is 72.4 cm³/mol. The summed E-state index contributed by atoms with van der Waals surface area (Å²) >= 11 is 6.20. The lowest BCUT2D eigenvalue weighted by Gasteiger charge is -2.00. The number of nitrogens with zero attached hydrogens (tertiary/aromatic N) is 2. The highest BCUT2D eigenvalue weighted by molar-refractivity contribution is 6.20. The van der Waals surface area contributed by atoms with E-state index in [9.17, 15) is 0 Å². The van der Waals surface area contributed by atoms with Crippen LogP contribution in [0, 0.1) is 0 Å². The Morgan fingerprint density at radius 2 is 2.32 bits per heavy atom. The van der Waals surface area contributed by atoms with E-state index in [1.54, 1.807) is 0 Å². The maximum Gasteiger partial charge on any atom is 0.257 e. The summed E-state index contributed by atoms with van der Waals surface area (Å²) in [5, 5.41) is 3.78. The van der Waals surface area contributed by atoms with Gasteiger partial charge in [-0.3, -0.25) is 0 Å². The van der Waals surface area contributed by atoms with Crippen molar-refractivity contribution < 1.29 is 9.26 Å². The fourth-order valence-corrected chi connectivity index (χ4v) is 2.49. The SMILES string of the molecule is CCCC(Cl)c1noc(-c2ccc3c(c2)CCO3)n1. The van der Waals surface area contributed by atoms with E-state index in [0.717, 1.165) is 37.2 Å². The molecule has 19 heavy (non-hydrogen) atoms. The Bertz CT molecular complexity index is 583. The molecule has 1 aliphatic heterocycles. The molecular formula is C14H15ClN2O2. The Morgan fingerprint density at radius 3 is 3.16 bits per heavy atom. The highest BCUT2D eigenvalue weighted by Gasteiger charge is 2.18. The van der Waals surface area contributed by atoms with Crippen molar-refractivity contribution >= 4 is 11.6 Å². The lowest BCUT2D eigenvalue weighted by molar-refractivity contribution is 0.357. The minimum atomic E-state index is -0.180. The highest BCUT2D eigenvalue weighted by atomic mass is 35.5. The van der Waals surface area contributed by atoms with Crippen LogP contribution in [0.3, 0.4) is 0 Å². The number of ether oxygens (including phenoxy) is 1. The van der Waals surface area contributed by atoms with E-state index in [-0.39, 0.29) is 5.38 Å². The van der Waals surface area contributed by atoms with Gasteiger partial charge in [-0.1, -0.05) is 18.5 Å². The van der Waals surface area contributed by atoms with Crippen molar-refractivity contribution in [3.05, 3.63) is 29.6 Å². The van der Waals surface area contributed by atoms with Crippen LogP contribution < -0.4 is 4.74 Å². The van der Waals surface area contributed by atoms with Crippen molar-refractivity contribution in [2.75, 3.05) is 6.61 Å². The van der Waals surface area contributed by atoms with Crippen molar-refractivity contribution in [3.63, 3.8) is 0 Å². The van der Waals surface area contributed by atoms with E-state index in [1.165, 1.54) is 5.56 Å². The monoisotopic (exact) mass is 278 g/mol. The third-order valence-electron chi connectivity index (χ3n) is 3.20. The van der Waals surface area contributed by atoms with E-state index in [4.69, 9.17) is 20.9 Å². The van der Waals surface area contributed by atoms with Gasteiger partial charge < -0.3 is 9.26 Å². The van der Waals surface area contributed by atoms with Gasteiger partial charge in [-0.25, -0.2) is 0 Å².